The first-order valence-electron chi connectivity index (χ1n) is 7.14. The van der Waals surface area contributed by atoms with Crippen LogP contribution in [0.1, 0.15) is 31.5 Å². The maximum absolute atomic E-state index is 4.26. The summed E-state index contributed by atoms with van der Waals surface area (Å²) in [6.45, 7) is 8.11. The van der Waals surface area contributed by atoms with Crippen LogP contribution < -0.4 is 5.32 Å². The maximum atomic E-state index is 4.26. The third-order valence-electron chi connectivity index (χ3n) is 3.16. The molecule has 20 heavy (non-hydrogen) atoms. The molecule has 2 aromatic rings. The molecular weight excluding hydrogens is 268 g/mol. The van der Waals surface area contributed by atoms with Crippen LogP contribution in [0.5, 0.6) is 0 Å². The molecule has 1 heterocycles. The molecule has 0 atom stereocenters. The van der Waals surface area contributed by atoms with E-state index in [-0.39, 0.29) is 0 Å². The second-order valence-corrected chi connectivity index (χ2v) is 5.52. The Hall–Kier alpha value is -1.46. The van der Waals surface area contributed by atoms with Gasteiger partial charge in [-0.2, -0.15) is 0 Å². The standard InChI is InChI=1S/C15H22N4S/c1-3-10-16-15-14(17-18-20-15)12-19(4-2)11-13-8-6-5-7-9-13/h5-9,16H,3-4,10-12H2,1-2H3. The lowest BCUT2D eigenvalue weighted by atomic mass is 10.2. The zero-order chi connectivity index (χ0) is 14.2. The van der Waals surface area contributed by atoms with Gasteiger partial charge in [-0.1, -0.05) is 48.7 Å². The quantitative estimate of drug-likeness (QED) is 0.809. The van der Waals surface area contributed by atoms with E-state index in [1.165, 1.54) is 17.1 Å². The number of benzene rings is 1. The van der Waals surface area contributed by atoms with Crippen LogP contribution in [0.15, 0.2) is 30.3 Å². The topological polar surface area (TPSA) is 41.1 Å². The van der Waals surface area contributed by atoms with Gasteiger partial charge in [-0.25, -0.2) is 0 Å². The number of aromatic nitrogens is 2. The Labute approximate surface area is 125 Å². The summed E-state index contributed by atoms with van der Waals surface area (Å²) >= 11 is 1.45. The number of hydrogen-bond donors (Lipinski definition) is 1. The smallest absolute Gasteiger partial charge is 0.134 e. The van der Waals surface area contributed by atoms with Crippen molar-refractivity contribution >= 4 is 16.5 Å². The Morgan fingerprint density at radius 3 is 2.65 bits per heavy atom. The summed E-state index contributed by atoms with van der Waals surface area (Å²) in [6.07, 6.45) is 1.11. The lowest BCUT2D eigenvalue weighted by Crippen LogP contribution is -2.23. The van der Waals surface area contributed by atoms with Gasteiger partial charge in [0.15, 0.2) is 0 Å². The van der Waals surface area contributed by atoms with E-state index in [0.29, 0.717) is 0 Å². The SMILES string of the molecule is CCCNc1snnc1CN(CC)Cc1ccccc1. The summed E-state index contributed by atoms with van der Waals surface area (Å²) in [5.74, 6) is 0. The highest BCUT2D eigenvalue weighted by molar-refractivity contribution is 7.10. The minimum Gasteiger partial charge on any atom is -0.374 e. The van der Waals surface area contributed by atoms with Crippen molar-refractivity contribution in [3.05, 3.63) is 41.6 Å². The molecule has 2 rings (SSSR count). The summed E-state index contributed by atoms with van der Waals surface area (Å²) in [4.78, 5) is 2.38. The largest absolute Gasteiger partial charge is 0.374 e. The minimum atomic E-state index is 0.841. The number of nitrogens with one attached hydrogen (secondary N) is 1. The van der Waals surface area contributed by atoms with Crippen molar-refractivity contribution in [2.45, 2.75) is 33.4 Å². The van der Waals surface area contributed by atoms with Gasteiger partial charge in [0, 0.05) is 31.2 Å². The molecule has 5 heteroatoms. The maximum Gasteiger partial charge on any atom is 0.134 e. The van der Waals surface area contributed by atoms with E-state index >= 15 is 0 Å². The monoisotopic (exact) mass is 290 g/mol. The number of nitrogens with zero attached hydrogens (tertiary/aromatic N) is 3. The van der Waals surface area contributed by atoms with Crippen LogP contribution in [0, 0.1) is 0 Å². The lowest BCUT2D eigenvalue weighted by molar-refractivity contribution is 0.268. The Kier molecular flexibility index (Phi) is 5.95. The molecule has 0 aliphatic rings. The fourth-order valence-corrected chi connectivity index (χ4v) is 2.62. The predicted octanol–water partition coefficient (Wildman–Crippen LogP) is 3.38. The van der Waals surface area contributed by atoms with E-state index in [4.69, 9.17) is 0 Å². The first-order chi connectivity index (χ1) is 9.83. The molecule has 0 radical (unpaired) electrons. The third kappa shape index (κ3) is 4.28. The molecule has 0 bridgehead atoms. The fraction of sp³-hybridized carbons (Fsp3) is 0.467. The zero-order valence-corrected chi connectivity index (χ0v) is 13.0. The lowest BCUT2D eigenvalue weighted by Gasteiger charge is -2.19. The van der Waals surface area contributed by atoms with Crippen molar-refractivity contribution < 1.29 is 0 Å². The van der Waals surface area contributed by atoms with Gasteiger partial charge in [0.1, 0.15) is 10.7 Å². The van der Waals surface area contributed by atoms with Gasteiger partial charge in [0.2, 0.25) is 0 Å². The van der Waals surface area contributed by atoms with E-state index in [9.17, 15) is 0 Å². The molecule has 4 nitrogen and oxygen atoms in total. The van der Waals surface area contributed by atoms with Gasteiger partial charge in [-0.15, -0.1) is 5.10 Å². The summed E-state index contributed by atoms with van der Waals surface area (Å²) in [5, 5.41) is 8.78. The molecule has 0 aliphatic carbocycles. The van der Waals surface area contributed by atoms with Crippen LogP contribution in [0.25, 0.3) is 0 Å². The third-order valence-corrected chi connectivity index (χ3v) is 3.89. The molecule has 0 unspecified atom stereocenters. The molecule has 0 saturated heterocycles. The first kappa shape index (κ1) is 14.9. The van der Waals surface area contributed by atoms with Crippen LogP contribution in [0.2, 0.25) is 0 Å². The predicted molar refractivity (Wildman–Crippen MR) is 84.9 cm³/mol. The number of rotatable bonds is 8. The van der Waals surface area contributed by atoms with Crippen molar-refractivity contribution in [3.8, 4) is 0 Å². The highest BCUT2D eigenvalue weighted by atomic mass is 32.1. The normalized spacial score (nSPS) is 10.9. The first-order valence-corrected chi connectivity index (χ1v) is 7.92. The van der Waals surface area contributed by atoms with E-state index in [1.807, 2.05) is 0 Å². The van der Waals surface area contributed by atoms with Crippen LogP contribution in [-0.2, 0) is 13.1 Å². The summed E-state index contributed by atoms with van der Waals surface area (Å²) in [7, 11) is 0. The molecule has 1 aromatic heterocycles. The van der Waals surface area contributed by atoms with Gasteiger partial charge in [-0.05, 0) is 18.5 Å². The van der Waals surface area contributed by atoms with E-state index in [1.54, 1.807) is 0 Å². The van der Waals surface area contributed by atoms with Gasteiger partial charge in [0.05, 0.1) is 0 Å². The van der Waals surface area contributed by atoms with Gasteiger partial charge < -0.3 is 5.32 Å². The van der Waals surface area contributed by atoms with E-state index < -0.39 is 0 Å². The van der Waals surface area contributed by atoms with E-state index in [0.717, 1.165) is 43.3 Å². The molecule has 0 amide bonds. The van der Waals surface area contributed by atoms with E-state index in [2.05, 4.69) is 64.0 Å². The zero-order valence-electron chi connectivity index (χ0n) is 12.2. The molecule has 0 spiro atoms. The number of anilines is 1. The molecule has 1 aromatic carbocycles. The fourth-order valence-electron chi connectivity index (χ4n) is 2.02. The minimum absolute atomic E-state index is 0.841. The average molecular weight is 290 g/mol. The Morgan fingerprint density at radius 2 is 1.95 bits per heavy atom. The Balaban J connectivity index is 1.97. The molecular formula is C15H22N4S. The highest BCUT2D eigenvalue weighted by Gasteiger charge is 2.12. The van der Waals surface area contributed by atoms with Crippen molar-refractivity contribution in [1.29, 1.82) is 0 Å². The van der Waals surface area contributed by atoms with Crippen LogP contribution >= 0.6 is 11.5 Å². The summed E-state index contributed by atoms with van der Waals surface area (Å²) < 4.78 is 4.07. The molecule has 0 saturated carbocycles. The van der Waals surface area contributed by atoms with Crippen molar-refractivity contribution in [3.63, 3.8) is 0 Å². The molecule has 108 valence electrons. The summed E-state index contributed by atoms with van der Waals surface area (Å²) in [6, 6.07) is 10.6. The molecule has 0 aliphatic heterocycles. The average Bonchev–Trinajstić information content (AvgIpc) is 2.92. The second-order valence-electron chi connectivity index (χ2n) is 4.76. The van der Waals surface area contributed by atoms with Crippen LogP contribution in [-0.4, -0.2) is 27.6 Å². The van der Waals surface area contributed by atoms with Crippen LogP contribution in [0.4, 0.5) is 5.00 Å². The van der Waals surface area contributed by atoms with Gasteiger partial charge >= 0.3 is 0 Å². The highest BCUT2D eigenvalue weighted by Crippen LogP contribution is 2.20. The molecule has 0 fully saturated rings. The van der Waals surface area contributed by atoms with Crippen LogP contribution in [0.3, 0.4) is 0 Å². The van der Waals surface area contributed by atoms with Gasteiger partial charge in [0.25, 0.3) is 0 Å². The molecule has 1 N–H and O–H groups in total. The van der Waals surface area contributed by atoms with Crippen molar-refractivity contribution in [1.82, 2.24) is 14.5 Å². The van der Waals surface area contributed by atoms with Crippen molar-refractivity contribution in [2.24, 2.45) is 0 Å². The second kappa shape index (κ2) is 7.97. The Morgan fingerprint density at radius 1 is 1.15 bits per heavy atom. The van der Waals surface area contributed by atoms with Crippen molar-refractivity contribution in [2.75, 3.05) is 18.4 Å². The Bertz CT molecular complexity index is 498. The summed E-state index contributed by atoms with van der Waals surface area (Å²) in [5.41, 5.74) is 2.39. The van der Waals surface area contributed by atoms with Gasteiger partial charge in [-0.3, -0.25) is 4.90 Å². The number of hydrogen-bond acceptors (Lipinski definition) is 5.